The van der Waals surface area contributed by atoms with Crippen LogP contribution in [-0.2, 0) is 32.5 Å². The summed E-state index contributed by atoms with van der Waals surface area (Å²) in [5, 5.41) is 16.4. The molecule has 0 unspecified atom stereocenters. The zero-order valence-electron chi connectivity index (χ0n) is 26.0. The quantitative estimate of drug-likeness (QED) is 0.147. The van der Waals surface area contributed by atoms with E-state index in [1.165, 1.54) is 6.07 Å². The number of sulfonamides is 1. The molecule has 240 valence electrons. The van der Waals surface area contributed by atoms with Crippen molar-refractivity contribution in [3.05, 3.63) is 89.5 Å². The van der Waals surface area contributed by atoms with E-state index in [4.69, 9.17) is 15.3 Å². The Balaban J connectivity index is 1.41. The topological polar surface area (TPSA) is 146 Å². The molecule has 0 aromatic heterocycles. The summed E-state index contributed by atoms with van der Waals surface area (Å²) in [5.74, 6) is -0.0909. The fraction of sp³-hybridized carbons (Fsp3) is 0.382. The van der Waals surface area contributed by atoms with Crippen LogP contribution >= 0.6 is 0 Å². The third kappa shape index (κ3) is 9.97. The number of benzene rings is 3. The summed E-state index contributed by atoms with van der Waals surface area (Å²) in [4.78, 5) is 30.0. The number of amides is 2. The van der Waals surface area contributed by atoms with Gasteiger partial charge < -0.3 is 14.5 Å². The molecule has 0 bridgehead atoms. The maximum Gasteiger partial charge on any atom is 0.413 e. The zero-order valence-corrected chi connectivity index (χ0v) is 26.8. The highest BCUT2D eigenvalue weighted by molar-refractivity contribution is 7.89. The zero-order chi connectivity index (χ0) is 32.4. The molecule has 2 amide bonds. The van der Waals surface area contributed by atoms with Crippen LogP contribution in [0.15, 0.2) is 77.7 Å². The van der Waals surface area contributed by atoms with Crippen molar-refractivity contribution >= 4 is 27.9 Å². The smallest absolute Gasteiger partial charge is 0.413 e. The standard InChI is InChI=1S/C34H43N5O5S/c1-3-4-7-19-39(32(40)23-25-13-15-27(16-14-25)30-11-5-6-12-31(30)45(36,42)43)24-26-9-8-10-28(22-26)33(35)37-34(41)44-29-17-20-38(2)21-18-29/h5-6,8-16,22,29H,3-4,7,17-21,23-24H2,1-2H3,(H2,35,37,41)(H2,36,42,43). The Hall–Kier alpha value is -4.06. The molecule has 4 rings (SSSR count). The lowest BCUT2D eigenvalue weighted by atomic mass is 10.0. The van der Waals surface area contributed by atoms with Crippen molar-refractivity contribution in [2.24, 2.45) is 5.14 Å². The molecule has 10 nitrogen and oxygen atoms in total. The van der Waals surface area contributed by atoms with Crippen LogP contribution in [0.3, 0.4) is 0 Å². The molecule has 0 spiro atoms. The number of carbonyl (C=O) groups excluding carboxylic acids is 2. The molecule has 4 N–H and O–H groups in total. The van der Waals surface area contributed by atoms with E-state index in [-0.39, 0.29) is 29.2 Å². The van der Waals surface area contributed by atoms with Gasteiger partial charge in [-0.3, -0.25) is 15.5 Å². The van der Waals surface area contributed by atoms with E-state index in [2.05, 4.69) is 17.1 Å². The van der Waals surface area contributed by atoms with Gasteiger partial charge in [0.2, 0.25) is 15.9 Å². The maximum atomic E-state index is 13.5. The predicted octanol–water partition coefficient (Wildman–Crippen LogP) is 4.91. The fourth-order valence-corrected chi connectivity index (χ4v) is 6.15. The molecule has 1 aliphatic rings. The van der Waals surface area contributed by atoms with Crippen LogP contribution in [0.25, 0.3) is 11.1 Å². The molecule has 11 heteroatoms. The van der Waals surface area contributed by atoms with Gasteiger partial charge in [0.25, 0.3) is 0 Å². The monoisotopic (exact) mass is 633 g/mol. The SMILES string of the molecule is CCCCCN(Cc1cccc(C(=N)NC(=O)OC2CCN(C)CC2)c1)C(=O)Cc1ccc(-c2ccccc2S(N)(=O)=O)cc1. The van der Waals surface area contributed by atoms with Gasteiger partial charge in [0.1, 0.15) is 11.9 Å². The van der Waals surface area contributed by atoms with Gasteiger partial charge in [0, 0.05) is 37.3 Å². The number of rotatable bonds is 12. The number of amidine groups is 1. The minimum absolute atomic E-state index is 0.0379. The molecule has 0 aliphatic carbocycles. The largest absolute Gasteiger partial charge is 0.446 e. The van der Waals surface area contributed by atoms with Crippen LogP contribution in [0.1, 0.15) is 55.7 Å². The lowest BCUT2D eigenvalue weighted by molar-refractivity contribution is -0.131. The van der Waals surface area contributed by atoms with Gasteiger partial charge in [-0.05, 0) is 55.1 Å². The van der Waals surface area contributed by atoms with E-state index in [1.807, 2.05) is 42.3 Å². The number of unbranched alkanes of at least 4 members (excludes halogenated alkanes) is 2. The van der Waals surface area contributed by atoms with E-state index in [0.29, 0.717) is 29.8 Å². The molecular formula is C34H43N5O5S. The Bertz CT molecular complexity index is 1580. The molecule has 1 saturated heterocycles. The summed E-state index contributed by atoms with van der Waals surface area (Å²) in [6.45, 7) is 4.80. The number of primary sulfonamides is 1. The van der Waals surface area contributed by atoms with Gasteiger partial charge in [-0.2, -0.15) is 0 Å². The van der Waals surface area contributed by atoms with Gasteiger partial charge in [0.05, 0.1) is 11.3 Å². The first kappa shape index (κ1) is 33.8. The van der Waals surface area contributed by atoms with E-state index in [9.17, 15) is 18.0 Å². The number of nitrogens with one attached hydrogen (secondary N) is 2. The van der Waals surface area contributed by atoms with Gasteiger partial charge in [-0.1, -0.05) is 80.4 Å². The summed E-state index contributed by atoms with van der Waals surface area (Å²) in [7, 11) is -1.85. The second kappa shape index (κ2) is 15.8. The highest BCUT2D eigenvalue weighted by Gasteiger charge is 2.21. The maximum absolute atomic E-state index is 13.5. The fourth-order valence-electron chi connectivity index (χ4n) is 5.39. The van der Waals surface area contributed by atoms with Gasteiger partial charge >= 0.3 is 6.09 Å². The predicted molar refractivity (Wildman–Crippen MR) is 175 cm³/mol. The first-order valence-electron chi connectivity index (χ1n) is 15.4. The van der Waals surface area contributed by atoms with Crippen molar-refractivity contribution in [2.75, 3.05) is 26.7 Å². The third-order valence-electron chi connectivity index (χ3n) is 7.95. The van der Waals surface area contributed by atoms with Crippen molar-refractivity contribution in [1.82, 2.24) is 15.1 Å². The van der Waals surface area contributed by atoms with Crippen molar-refractivity contribution in [2.45, 2.75) is 63.0 Å². The van der Waals surface area contributed by atoms with E-state index >= 15 is 0 Å². The Morgan fingerprint density at radius 1 is 1.00 bits per heavy atom. The molecule has 3 aromatic rings. The van der Waals surface area contributed by atoms with E-state index in [0.717, 1.165) is 56.3 Å². The average molecular weight is 634 g/mol. The summed E-state index contributed by atoms with van der Waals surface area (Å²) >= 11 is 0. The van der Waals surface area contributed by atoms with Crippen molar-refractivity contribution < 1.29 is 22.7 Å². The Morgan fingerprint density at radius 3 is 2.40 bits per heavy atom. The number of alkyl carbamates (subject to hydrolysis) is 1. The lowest BCUT2D eigenvalue weighted by Gasteiger charge is -2.28. The Morgan fingerprint density at radius 2 is 1.71 bits per heavy atom. The van der Waals surface area contributed by atoms with Crippen molar-refractivity contribution in [3.63, 3.8) is 0 Å². The van der Waals surface area contributed by atoms with Crippen molar-refractivity contribution in [1.29, 1.82) is 5.41 Å². The molecule has 3 aromatic carbocycles. The van der Waals surface area contributed by atoms with Gasteiger partial charge in [-0.25, -0.2) is 18.4 Å². The molecule has 45 heavy (non-hydrogen) atoms. The van der Waals surface area contributed by atoms with Crippen LogP contribution in [0.4, 0.5) is 4.79 Å². The molecule has 0 radical (unpaired) electrons. The van der Waals surface area contributed by atoms with Crippen LogP contribution in [-0.4, -0.2) is 68.8 Å². The number of nitrogens with zero attached hydrogens (tertiary/aromatic N) is 2. The lowest BCUT2D eigenvalue weighted by Crippen LogP contribution is -2.39. The summed E-state index contributed by atoms with van der Waals surface area (Å²) in [5.41, 5.74) is 3.39. The number of ether oxygens (including phenoxy) is 1. The molecule has 0 atom stereocenters. The highest BCUT2D eigenvalue weighted by atomic mass is 32.2. The minimum Gasteiger partial charge on any atom is -0.446 e. The Kier molecular flexibility index (Phi) is 11.9. The Labute approximate surface area is 266 Å². The molecule has 1 fully saturated rings. The molecule has 0 saturated carbocycles. The summed E-state index contributed by atoms with van der Waals surface area (Å²) < 4.78 is 29.6. The summed E-state index contributed by atoms with van der Waals surface area (Å²) in [6, 6.07) is 21.1. The molecular weight excluding hydrogens is 590 g/mol. The van der Waals surface area contributed by atoms with Crippen LogP contribution in [0.2, 0.25) is 0 Å². The number of likely N-dealkylation sites (tertiary alicyclic amines) is 1. The third-order valence-corrected chi connectivity index (χ3v) is 8.92. The van der Waals surface area contributed by atoms with Crippen molar-refractivity contribution in [3.8, 4) is 11.1 Å². The number of hydrogen-bond acceptors (Lipinski definition) is 7. The van der Waals surface area contributed by atoms with E-state index < -0.39 is 16.1 Å². The normalized spacial score (nSPS) is 14.1. The highest BCUT2D eigenvalue weighted by Crippen LogP contribution is 2.27. The van der Waals surface area contributed by atoms with Gasteiger partial charge in [0.15, 0.2) is 0 Å². The molecule has 1 heterocycles. The first-order valence-corrected chi connectivity index (χ1v) is 16.9. The average Bonchev–Trinajstić information content (AvgIpc) is 3.02. The van der Waals surface area contributed by atoms with Crippen LogP contribution in [0.5, 0.6) is 0 Å². The second-order valence-corrected chi connectivity index (χ2v) is 13.1. The minimum atomic E-state index is -3.89. The van der Waals surface area contributed by atoms with E-state index in [1.54, 1.807) is 36.4 Å². The first-order chi connectivity index (χ1) is 21.5. The summed E-state index contributed by atoms with van der Waals surface area (Å²) in [6.07, 6.45) is 3.82. The number of nitrogens with two attached hydrogens (primary N) is 1. The number of hydrogen-bond donors (Lipinski definition) is 3. The van der Waals surface area contributed by atoms with Crippen LogP contribution < -0.4 is 10.5 Å². The second-order valence-electron chi connectivity index (χ2n) is 11.5. The van der Waals surface area contributed by atoms with Crippen LogP contribution in [0, 0.1) is 5.41 Å². The number of carbonyl (C=O) groups is 2. The molecule has 1 aliphatic heterocycles. The number of piperidine rings is 1. The van der Waals surface area contributed by atoms with Gasteiger partial charge in [-0.15, -0.1) is 0 Å².